The normalized spacial score (nSPS) is 22.0. The second-order valence-electron chi connectivity index (χ2n) is 25.5. The molecule has 0 bridgehead atoms. The number of nitrogens with zero attached hydrogens (tertiary/aromatic N) is 4. The molecule has 0 spiro atoms. The zero-order valence-electron chi connectivity index (χ0n) is 52.1. The monoisotopic (exact) mass is 1190 g/mol. The molecule has 14 heteroatoms. The molecule has 9 aromatic rings. The van der Waals surface area contributed by atoms with Crippen LogP contribution in [0.25, 0.3) is 38.8 Å². The van der Waals surface area contributed by atoms with Crippen molar-refractivity contribution in [3.05, 3.63) is 206 Å². The van der Waals surface area contributed by atoms with Crippen LogP contribution in [0.5, 0.6) is 0 Å². The highest BCUT2D eigenvalue weighted by atomic mass is 16.6. The van der Waals surface area contributed by atoms with Gasteiger partial charge in [-0.05, 0) is 154 Å². The van der Waals surface area contributed by atoms with Gasteiger partial charge in [0.15, 0.2) is 11.2 Å². The van der Waals surface area contributed by atoms with Gasteiger partial charge in [-0.3, -0.25) is 0 Å². The van der Waals surface area contributed by atoms with E-state index in [0.29, 0.717) is 36.1 Å². The van der Waals surface area contributed by atoms with Gasteiger partial charge in [0.1, 0.15) is 13.2 Å². The number of rotatable bonds is 16. The van der Waals surface area contributed by atoms with E-state index in [1.807, 2.05) is 60.7 Å². The molecule has 4 aromatic heterocycles. The molecule has 2 atom stereocenters. The Bertz CT molecular complexity index is 4310. The smallest absolute Gasteiger partial charge is 0.407 e. The summed E-state index contributed by atoms with van der Waals surface area (Å²) >= 11 is 0. The van der Waals surface area contributed by atoms with Gasteiger partial charge in [-0.2, -0.15) is 0 Å². The Morgan fingerprint density at radius 1 is 0.506 bits per heavy atom. The van der Waals surface area contributed by atoms with Crippen LogP contribution in [0.15, 0.2) is 127 Å². The van der Waals surface area contributed by atoms with Crippen LogP contribution in [0, 0.1) is 39.5 Å². The molecule has 2 saturated carbocycles. The molecular formula is C75H80N6O8. The van der Waals surface area contributed by atoms with Gasteiger partial charge in [-0.15, -0.1) is 0 Å². The highest BCUT2D eigenvalue weighted by Crippen LogP contribution is 2.56. The Hall–Kier alpha value is -8.78. The summed E-state index contributed by atoms with van der Waals surface area (Å²) in [7, 11) is 0. The lowest BCUT2D eigenvalue weighted by Crippen LogP contribution is -2.39. The number of aryl methyl sites for hydroxylation is 2. The van der Waals surface area contributed by atoms with Crippen LogP contribution >= 0.6 is 0 Å². The van der Waals surface area contributed by atoms with Crippen molar-refractivity contribution >= 4 is 62.9 Å². The molecule has 2 N–H and O–H groups in total. The number of esters is 2. The van der Waals surface area contributed by atoms with Gasteiger partial charge in [0, 0.05) is 125 Å². The number of amides is 2. The van der Waals surface area contributed by atoms with Gasteiger partial charge >= 0.3 is 24.1 Å². The number of carbonyl (C=O) groups is 4. The van der Waals surface area contributed by atoms with Gasteiger partial charge in [0.05, 0.1) is 24.2 Å². The number of benzene rings is 5. The maximum absolute atomic E-state index is 14.0. The average Bonchev–Trinajstić information content (AvgIpc) is 1.55. The van der Waals surface area contributed by atoms with Crippen LogP contribution in [0.2, 0.25) is 0 Å². The maximum atomic E-state index is 14.0. The van der Waals surface area contributed by atoms with Crippen LogP contribution in [0.1, 0.15) is 166 Å². The van der Waals surface area contributed by atoms with Crippen molar-refractivity contribution in [2.75, 3.05) is 13.2 Å². The van der Waals surface area contributed by atoms with E-state index in [4.69, 9.17) is 18.9 Å². The summed E-state index contributed by atoms with van der Waals surface area (Å²) in [5.74, 6) is 0.526. The van der Waals surface area contributed by atoms with Gasteiger partial charge in [-0.25, -0.2) is 19.2 Å². The second-order valence-corrected chi connectivity index (χ2v) is 25.5. The molecule has 0 radical (unpaired) electrons. The Morgan fingerprint density at radius 3 is 1.37 bits per heavy atom. The van der Waals surface area contributed by atoms with Crippen molar-refractivity contribution in [2.24, 2.45) is 11.8 Å². The summed E-state index contributed by atoms with van der Waals surface area (Å²) in [4.78, 5) is 55.1. The molecule has 6 heterocycles. The Labute approximate surface area is 520 Å². The molecule has 14 rings (SSSR count). The molecule has 2 unspecified atom stereocenters. The SMILES string of the molecule is CCn1c(C)c(C2(c3c4c(n(CCOC(=O)NC5CCC(CC6CCC(NC(=O)OCCn7c(C)c(C8(c9c(C)n(CC)c%10ccccc9%10)OC(=O)c9ccccc98)c8ccccc87)CC6)CC5)c3C)CCC=C4)OC(=O)c3ccccc32)c2ccccc21. The van der Waals surface area contributed by atoms with Crippen LogP contribution in [-0.4, -0.2) is 67.7 Å². The standard InChI is InChI=1S/C75H80N6O8/c1-7-78-46(3)66(56-23-11-17-29-62(56)78)74(60-27-15-9-21-54(60)70(82)88-74)68-48(5)80(64-31-19-13-25-58(64)68)41-43-86-72(84)76-52-37-33-50(34-38-52)45-51-35-39-53(40-36-51)77-73(85)87-44-42-81-49(6)69(59-26-14-20-32-65(59)81)75(61-28-16-10-22-55(61)71(83)89-75)67-47(4)79(8-2)63-30-18-12-24-57(63)67/h9-19,21-31,50-53H,7-8,20,32-45H2,1-6H3,(H,76,84)(H,77,85). The number of allylic oxidation sites excluding steroid dienone is 1. The molecule has 89 heavy (non-hydrogen) atoms. The number of alkyl carbamates (subject to hydrolysis) is 2. The van der Waals surface area contributed by atoms with Gasteiger partial charge in [0.2, 0.25) is 0 Å². The van der Waals surface area contributed by atoms with Gasteiger partial charge < -0.3 is 47.8 Å². The zero-order chi connectivity index (χ0) is 61.3. The summed E-state index contributed by atoms with van der Waals surface area (Å²) in [6, 6.07) is 40.8. The van der Waals surface area contributed by atoms with E-state index in [9.17, 15) is 19.2 Å². The van der Waals surface area contributed by atoms with Gasteiger partial charge in [-0.1, -0.05) is 103 Å². The predicted molar refractivity (Wildman–Crippen MR) is 346 cm³/mol. The number of fused-ring (bicyclic) bond motifs is 6. The average molecular weight is 1190 g/mol. The van der Waals surface area contributed by atoms with Gasteiger partial charge in [0.25, 0.3) is 0 Å². The first kappa shape index (κ1) is 57.9. The Morgan fingerprint density at radius 2 is 0.899 bits per heavy atom. The summed E-state index contributed by atoms with van der Waals surface area (Å²) in [6.45, 7) is 15.6. The molecule has 14 nitrogen and oxygen atoms in total. The quantitative estimate of drug-likeness (QED) is 0.0717. The maximum Gasteiger partial charge on any atom is 0.407 e. The van der Waals surface area contributed by atoms with E-state index in [2.05, 4.69) is 143 Å². The summed E-state index contributed by atoms with van der Waals surface area (Å²) in [5, 5.41) is 9.50. The highest BCUT2D eigenvalue weighted by Gasteiger charge is 2.55. The van der Waals surface area contributed by atoms with E-state index in [1.165, 1.54) is 0 Å². The van der Waals surface area contributed by atoms with E-state index in [-0.39, 0.29) is 43.3 Å². The fourth-order valence-electron chi connectivity index (χ4n) is 17.0. The minimum Gasteiger partial charge on any atom is -0.448 e. The zero-order valence-corrected chi connectivity index (χ0v) is 52.1. The number of aromatic nitrogens is 4. The summed E-state index contributed by atoms with van der Waals surface area (Å²) in [6.07, 6.45) is 14.4. The fraction of sp³-hybridized carbons (Fsp3) is 0.387. The van der Waals surface area contributed by atoms with Crippen LogP contribution in [-0.2, 0) is 62.7 Å². The van der Waals surface area contributed by atoms with E-state index in [0.717, 1.165) is 184 Å². The van der Waals surface area contributed by atoms with Crippen molar-refractivity contribution in [3.63, 3.8) is 0 Å². The minimum absolute atomic E-state index is 0.0619. The van der Waals surface area contributed by atoms with E-state index >= 15 is 0 Å². The first-order chi connectivity index (χ1) is 43.4. The summed E-state index contributed by atoms with van der Waals surface area (Å²) in [5.41, 5.74) is 13.7. The number of nitrogens with one attached hydrogen (secondary N) is 2. The third-order valence-corrected chi connectivity index (χ3v) is 20.9. The molecule has 5 aromatic carbocycles. The number of carbonyl (C=O) groups excluding carboxylic acids is 4. The number of para-hydroxylation sites is 3. The van der Waals surface area contributed by atoms with Crippen LogP contribution in [0.3, 0.4) is 0 Å². The van der Waals surface area contributed by atoms with E-state index < -0.39 is 17.3 Å². The topological polar surface area (TPSA) is 149 Å². The number of cyclic esters (lactones) is 2. The first-order valence-corrected chi connectivity index (χ1v) is 32.5. The van der Waals surface area contributed by atoms with Crippen molar-refractivity contribution in [1.82, 2.24) is 28.9 Å². The molecule has 3 aliphatic carbocycles. The minimum atomic E-state index is -1.22. The first-order valence-electron chi connectivity index (χ1n) is 32.5. The number of ether oxygens (including phenoxy) is 4. The molecule has 458 valence electrons. The lowest BCUT2D eigenvalue weighted by atomic mass is 9.76. The molecule has 2 fully saturated rings. The van der Waals surface area contributed by atoms with Crippen LogP contribution < -0.4 is 10.6 Å². The molecule has 5 aliphatic rings. The van der Waals surface area contributed by atoms with Crippen molar-refractivity contribution in [3.8, 4) is 0 Å². The van der Waals surface area contributed by atoms with Crippen molar-refractivity contribution in [1.29, 1.82) is 0 Å². The Balaban J connectivity index is 0.573. The largest absolute Gasteiger partial charge is 0.448 e. The van der Waals surface area contributed by atoms with Crippen molar-refractivity contribution < 1.29 is 38.1 Å². The molecule has 0 saturated heterocycles. The highest BCUT2D eigenvalue weighted by molar-refractivity contribution is 6.02. The van der Waals surface area contributed by atoms with E-state index in [1.54, 1.807) is 0 Å². The van der Waals surface area contributed by atoms with Crippen molar-refractivity contribution in [2.45, 2.75) is 162 Å². The third-order valence-electron chi connectivity index (χ3n) is 20.9. The van der Waals surface area contributed by atoms with Crippen LogP contribution in [0.4, 0.5) is 9.59 Å². The molecule has 2 amide bonds. The fourth-order valence-corrected chi connectivity index (χ4v) is 17.0. The lowest BCUT2D eigenvalue weighted by Gasteiger charge is -2.34. The molecule has 2 aliphatic heterocycles. The summed E-state index contributed by atoms with van der Waals surface area (Å²) < 4.78 is 34.7. The number of hydrogen-bond donors (Lipinski definition) is 2. The second kappa shape index (κ2) is 23.3. The predicted octanol–water partition coefficient (Wildman–Crippen LogP) is 15.2. The lowest BCUT2D eigenvalue weighted by molar-refractivity contribution is 0.0243. The number of hydrogen-bond acceptors (Lipinski definition) is 8. The third kappa shape index (κ3) is 9.48. The molecular weight excluding hydrogens is 1110 g/mol. The Kier molecular flexibility index (Phi) is 15.2.